The molecule has 0 radical (unpaired) electrons. The van der Waals surface area contributed by atoms with Gasteiger partial charge in [0.15, 0.2) is 0 Å². The third-order valence-corrected chi connectivity index (χ3v) is 5.98. The zero-order valence-electron chi connectivity index (χ0n) is 21.2. The van der Waals surface area contributed by atoms with E-state index in [1.54, 1.807) is 0 Å². The van der Waals surface area contributed by atoms with Crippen molar-refractivity contribution in [3.8, 4) is 0 Å². The number of carboxylic acids is 2. The Bertz CT molecular complexity index is 1030. The van der Waals surface area contributed by atoms with E-state index in [0.717, 1.165) is 44.9 Å². The lowest BCUT2D eigenvalue weighted by Gasteiger charge is -2.27. The highest BCUT2D eigenvalue weighted by molar-refractivity contribution is 7.11. The normalized spacial score (nSPS) is 13.8. The van der Waals surface area contributed by atoms with Crippen LogP contribution in [0, 0.1) is 6.92 Å². The van der Waals surface area contributed by atoms with E-state index in [-0.39, 0.29) is 0 Å². The number of halogens is 6. The number of aromatic nitrogens is 2. The number of aryl methyl sites for hydroxylation is 2. The Kier molecular flexibility index (Phi) is 12.7. The number of aliphatic carboxylic acids is 2. The number of fused-ring (bicyclic) bond motifs is 1. The van der Waals surface area contributed by atoms with Crippen molar-refractivity contribution in [3.63, 3.8) is 0 Å². The second-order valence-electron chi connectivity index (χ2n) is 8.43. The molecule has 0 aromatic carbocycles. The number of thiophene rings is 1. The summed E-state index contributed by atoms with van der Waals surface area (Å²) in [4.78, 5) is 25.3. The summed E-state index contributed by atoms with van der Waals surface area (Å²) >= 11 is 1.90. The number of rotatable bonds is 7. The van der Waals surface area contributed by atoms with Crippen LogP contribution in [0.15, 0.2) is 12.1 Å². The van der Waals surface area contributed by atoms with E-state index in [9.17, 15) is 26.3 Å². The van der Waals surface area contributed by atoms with Crippen LogP contribution in [-0.2, 0) is 47.5 Å². The lowest BCUT2D eigenvalue weighted by Crippen LogP contribution is -2.30. The summed E-state index contributed by atoms with van der Waals surface area (Å²) < 4.78 is 71.3. The van der Waals surface area contributed by atoms with E-state index in [1.165, 1.54) is 21.0 Å². The van der Waals surface area contributed by atoms with Crippen molar-refractivity contribution < 1.29 is 50.9 Å². The molecule has 3 heterocycles. The van der Waals surface area contributed by atoms with Crippen LogP contribution in [0.25, 0.3) is 0 Å². The molecule has 0 saturated carbocycles. The van der Waals surface area contributed by atoms with Crippen molar-refractivity contribution in [1.29, 1.82) is 0 Å². The molecule has 3 rings (SSSR count). The summed E-state index contributed by atoms with van der Waals surface area (Å²) in [6.07, 6.45) is -9.10. The minimum Gasteiger partial charge on any atom is -0.475 e. The van der Waals surface area contributed by atoms with Gasteiger partial charge in [-0.25, -0.2) is 9.59 Å². The van der Waals surface area contributed by atoms with Crippen molar-refractivity contribution in [2.24, 2.45) is 7.05 Å². The molecule has 16 heteroatoms. The van der Waals surface area contributed by atoms with Gasteiger partial charge in [-0.15, -0.1) is 11.3 Å². The molecule has 0 unspecified atom stereocenters. The maximum absolute atomic E-state index is 10.6. The van der Waals surface area contributed by atoms with Gasteiger partial charge in [0.05, 0.1) is 24.6 Å². The zero-order valence-corrected chi connectivity index (χ0v) is 22.0. The van der Waals surface area contributed by atoms with Crippen molar-refractivity contribution >= 4 is 23.3 Å². The Balaban J connectivity index is 0.000000426. The van der Waals surface area contributed by atoms with Gasteiger partial charge in [-0.05, 0) is 39.6 Å². The molecule has 0 atom stereocenters. The van der Waals surface area contributed by atoms with Gasteiger partial charge >= 0.3 is 24.3 Å². The van der Waals surface area contributed by atoms with Crippen LogP contribution in [0.5, 0.6) is 0 Å². The zero-order chi connectivity index (χ0) is 29.3. The molecule has 9 nitrogen and oxygen atoms in total. The van der Waals surface area contributed by atoms with Crippen LogP contribution in [0.1, 0.15) is 26.7 Å². The highest BCUT2D eigenvalue weighted by Crippen LogP contribution is 2.25. The maximum Gasteiger partial charge on any atom is 0.490 e. The van der Waals surface area contributed by atoms with Crippen LogP contribution in [0.2, 0.25) is 0 Å². The van der Waals surface area contributed by atoms with Gasteiger partial charge in [-0.1, -0.05) is 0 Å². The molecule has 0 amide bonds. The highest BCUT2D eigenvalue weighted by Gasteiger charge is 2.38. The molecule has 0 bridgehead atoms. The standard InChI is InChI=1S/C18H28N4OS.2C2HF3O2/c1-14-5-6-15(24-14)11-22-8-7-16-17(13-23-10-9-20(2)3)19-21(4)18(16)12-22;2*3-2(4,5)1(6)7/h5-6H,7-13H2,1-4H3;2*(H,6,7). The molecule has 1 aliphatic rings. The molecule has 2 aromatic heterocycles. The second kappa shape index (κ2) is 14.5. The average molecular weight is 577 g/mol. The fourth-order valence-corrected chi connectivity index (χ4v) is 4.10. The van der Waals surface area contributed by atoms with E-state index in [1.807, 2.05) is 16.0 Å². The van der Waals surface area contributed by atoms with E-state index in [2.05, 4.69) is 50.0 Å². The fourth-order valence-electron chi connectivity index (χ4n) is 3.17. The number of hydrogen-bond donors (Lipinski definition) is 2. The number of ether oxygens (including phenoxy) is 1. The molecule has 0 aliphatic carbocycles. The Labute approximate surface area is 219 Å². The third kappa shape index (κ3) is 11.8. The van der Waals surface area contributed by atoms with Gasteiger partial charge in [0.1, 0.15) is 0 Å². The SMILES string of the molecule is Cc1ccc(CN2CCc3c(COCCN(C)C)nn(C)c3C2)s1.O=C(O)C(F)(F)F.O=C(O)C(F)(F)F. The monoisotopic (exact) mass is 576 g/mol. The van der Waals surface area contributed by atoms with Gasteiger partial charge in [-0.2, -0.15) is 31.4 Å². The summed E-state index contributed by atoms with van der Waals surface area (Å²) in [6, 6.07) is 4.46. The number of nitrogens with zero attached hydrogens (tertiary/aromatic N) is 4. The predicted octanol–water partition coefficient (Wildman–Crippen LogP) is 3.69. The lowest BCUT2D eigenvalue weighted by atomic mass is 10.0. The third-order valence-electron chi connectivity index (χ3n) is 4.99. The van der Waals surface area contributed by atoms with Gasteiger partial charge < -0.3 is 19.8 Å². The van der Waals surface area contributed by atoms with Gasteiger partial charge in [0.2, 0.25) is 0 Å². The van der Waals surface area contributed by atoms with E-state index >= 15 is 0 Å². The van der Waals surface area contributed by atoms with E-state index in [4.69, 9.17) is 29.6 Å². The number of carbonyl (C=O) groups is 2. The first-order valence-corrected chi connectivity index (χ1v) is 11.9. The summed E-state index contributed by atoms with van der Waals surface area (Å²) in [6.45, 7) is 7.62. The van der Waals surface area contributed by atoms with Crippen LogP contribution < -0.4 is 0 Å². The minimum atomic E-state index is -5.08. The molecule has 1 aliphatic heterocycles. The molecule has 0 spiro atoms. The molecule has 2 N–H and O–H groups in total. The van der Waals surface area contributed by atoms with E-state index < -0.39 is 24.3 Å². The van der Waals surface area contributed by atoms with Crippen LogP contribution in [0.4, 0.5) is 26.3 Å². The fraction of sp³-hybridized carbons (Fsp3) is 0.591. The van der Waals surface area contributed by atoms with Gasteiger partial charge in [-0.3, -0.25) is 9.58 Å². The number of carboxylic acid groups (broad SMARTS) is 2. The predicted molar refractivity (Wildman–Crippen MR) is 126 cm³/mol. The van der Waals surface area contributed by atoms with Crippen molar-refractivity contribution in [3.05, 3.63) is 38.8 Å². The summed E-state index contributed by atoms with van der Waals surface area (Å²) in [5, 5.41) is 19.0. The molecule has 0 saturated heterocycles. The van der Waals surface area contributed by atoms with E-state index in [0.29, 0.717) is 6.61 Å². The Morgan fingerprint density at radius 2 is 1.66 bits per heavy atom. The Morgan fingerprint density at radius 3 is 2.11 bits per heavy atom. The topological polar surface area (TPSA) is 108 Å². The van der Waals surface area contributed by atoms with Gasteiger partial charge in [0, 0.05) is 48.5 Å². The number of likely N-dealkylation sites (N-methyl/N-ethyl adjacent to an activating group) is 1. The van der Waals surface area contributed by atoms with Crippen molar-refractivity contribution in [2.75, 3.05) is 33.8 Å². The highest BCUT2D eigenvalue weighted by atomic mass is 32.1. The molecular formula is C22H30F6N4O5S. The maximum atomic E-state index is 10.6. The van der Waals surface area contributed by atoms with Crippen molar-refractivity contribution in [1.82, 2.24) is 19.6 Å². The molecule has 2 aromatic rings. The lowest BCUT2D eigenvalue weighted by molar-refractivity contribution is -0.193. The largest absolute Gasteiger partial charge is 0.490 e. The Hall–Kier alpha value is -2.69. The molecular weight excluding hydrogens is 546 g/mol. The smallest absolute Gasteiger partial charge is 0.475 e. The number of hydrogen-bond acceptors (Lipinski definition) is 7. The quantitative estimate of drug-likeness (QED) is 0.380. The van der Waals surface area contributed by atoms with Gasteiger partial charge in [0.25, 0.3) is 0 Å². The number of alkyl halides is 6. The Morgan fingerprint density at radius 1 is 1.11 bits per heavy atom. The second-order valence-corrected chi connectivity index (χ2v) is 9.80. The van der Waals surface area contributed by atoms with Crippen LogP contribution in [-0.4, -0.2) is 87.9 Å². The average Bonchev–Trinajstić information content (AvgIpc) is 3.33. The summed E-state index contributed by atoms with van der Waals surface area (Å²) in [5.74, 6) is -5.51. The molecule has 38 heavy (non-hydrogen) atoms. The first-order chi connectivity index (χ1) is 17.4. The first kappa shape index (κ1) is 33.3. The summed E-state index contributed by atoms with van der Waals surface area (Å²) in [5.41, 5.74) is 3.87. The summed E-state index contributed by atoms with van der Waals surface area (Å²) in [7, 11) is 6.19. The minimum absolute atomic E-state index is 0.626. The van der Waals surface area contributed by atoms with Crippen LogP contribution >= 0.6 is 11.3 Å². The first-order valence-electron chi connectivity index (χ1n) is 11.1. The van der Waals surface area contributed by atoms with Crippen molar-refractivity contribution in [2.45, 2.75) is 45.4 Å². The van der Waals surface area contributed by atoms with Crippen LogP contribution in [0.3, 0.4) is 0 Å². The molecule has 216 valence electrons. The molecule has 0 fully saturated rings.